The van der Waals surface area contributed by atoms with Crippen LogP contribution in [0.15, 0.2) is 58.5 Å². The molecule has 0 saturated carbocycles. The summed E-state index contributed by atoms with van der Waals surface area (Å²) in [5.41, 5.74) is 16.0. The molecule has 2 amide bonds. The summed E-state index contributed by atoms with van der Waals surface area (Å²) in [6.45, 7) is 2.61. The fraction of sp³-hybridized carbons (Fsp3) is 0.280. The Morgan fingerprint density at radius 1 is 1.24 bits per heavy atom. The number of aliphatic imine (C=N–C) groups is 2. The van der Waals surface area contributed by atoms with Crippen molar-refractivity contribution in [2.24, 2.45) is 21.6 Å². The monoisotopic (exact) mass is 462 g/mol. The van der Waals surface area contributed by atoms with Crippen molar-refractivity contribution < 1.29 is 14.0 Å². The summed E-state index contributed by atoms with van der Waals surface area (Å²) in [6, 6.07) is 11.0. The highest BCUT2D eigenvalue weighted by molar-refractivity contribution is 6.42. The number of primary amides is 1. The van der Waals surface area contributed by atoms with E-state index in [9.17, 15) is 14.0 Å². The normalized spacial score (nSPS) is 21.8. The summed E-state index contributed by atoms with van der Waals surface area (Å²) in [6.07, 6.45) is 3.39. The Bertz CT molecular complexity index is 1200. The van der Waals surface area contributed by atoms with Crippen molar-refractivity contribution in [3.8, 4) is 0 Å². The summed E-state index contributed by atoms with van der Waals surface area (Å²) in [5, 5.41) is 5.94. The van der Waals surface area contributed by atoms with Gasteiger partial charge in [-0.05, 0) is 55.2 Å². The lowest BCUT2D eigenvalue weighted by Crippen LogP contribution is -2.30. The van der Waals surface area contributed by atoms with E-state index < -0.39 is 11.9 Å². The average molecular weight is 463 g/mol. The van der Waals surface area contributed by atoms with Crippen LogP contribution in [0.3, 0.4) is 0 Å². The largest absolute Gasteiger partial charge is 0.397 e. The molecular weight excluding hydrogens is 435 g/mol. The van der Waals surface area contributed by atoms with Crippen molar-refractivity contribution in [2.45, 2.75) is 32.2 Å². The van der Waals surface area contributed by atoms with E-state index >= 15 is 0 Å². The van der Waals surface area contributed by atoms with Crippen molar-refractivity contribution >= 4 is 46.0 Å². The zero-order valence-electron chi connectivity index (χ0n) is 18.8. The second kappa shape index (κ2) is 9.86. The number of halogens is 1. The molecule has 0 aliphatic carbocycles. The van der Waals surface area contributed by atoms with Gasteiger partial charge in [-0.25, -0.2) is 9.38 Å². The zero-order valence-corrected chi connectivity index (χ0v) is 18.8. The van der Waals surface area contributed by atoms with Gasteiger partial charge >= 0.3 is 0 Å². The molecule has 0 bridgehead atoms. The van der Waals surface area contributed by atoms with E-state index in [0.717, 1.165) is 11.3 Å². The Morgan fingerprint density at radius 3 is 2.65 bits per heavy atom. The smallest absolute Gasteiger partial charge is 0.263 e. The van der Waals surface area contributed by atoms with Crippen molar-refractivity contribution in [1.82, 2.24) is 5.32 Å². The van der Waals surface area contributed by atoms with Gasteiger partial charge in [-0.15, -0.1) is 0 Å². The molecule has 176 valence electrons. The summed E-state index contributed by atoms with van der Waals surface area (Å²) >= 11 is 0. The first kappa shape index (κ1) is 23.2. The molecule has 2 aromatic carbocycles. The highest BCUT2D eigenvalue weighted by Gasteiger charge is 2.27. The van der Waals surface area contributed by atoms with Gasteiger partial charge in [0.25, 0.3) is 5.91 Å². The Kier molecular flexibility index (Phi) is 6.72. The second-order valence-corrected chi connectivity index (χ2v) is 8.48. The topological polar surface area (TPSA) is 135 Å². The van der Waals surface area contributed by atoms with Crippen LogP contribution in [0, 0.1) is 11.7 Å². The average Bonchev–Trinajstić information content (AvgIpc) is 3.20. The molecule has 2 unspecified atom stereocenters. The van der Waals surface area contributed by atoms with E-state index in [1.807, 2.05) is 25.1 Å². The van der Waals surface area contributed by atoms with Crippen LogP contribution in [0.25, 0.3) is 5.70 Å². The second-order valence-electron chi connectivity index (χ2n) is 8.48. The molecule has 8 nitrogen and oxygen atoms in total. The number of amides is 2. The van der Waals surface area contributed by atoms with Crippen molar-refractivity contribution in [1.29, 1.82) is 0 Å². The Labute approximate surface area is 197 Å². The van der Waals surface area contributed by atoms with Crippen LogP contribution in [0.1, 0.15) is 31.7 Å². The number of anilines is 3. The third kappa shape index (κ3) is 5.31. The fourth-order valence-corrected chi connectivity index (χ4v) is 3.93. The van der Waals surface area contributed by atoms with Gasteiger partial charge in [0.15, 0.2) is 0 Å². The zero-order chi connectivity index (χ0) is 24.2. The van der Waals surface area contributed by atoms with Crippen LogP contribution in [-0.4, -0.2) is 35.8 Å². The van der Waals surface area contributed by atoms with E-state index in [0.29, 0.717) is 42.1 Å². The van der Waals surface area contributed by atoms with Crippen LogP contribution >= 0.6 is 0 Å². The number of hydrogen-bond donors (Lipinski definition) is 4. The van der Waals surface area contributed by atoms with E-state index in [1.165, 1.54) is 12.1 Å². The molecule has 0 spiro atoms. The predicted octanol–water partition coefficient (Wildman–Crippen LogP) is 3.18. The summed E-state index contributed by atoms with van der Waals surface area (Å²) in [7, 11) is 0. The van der Waals surface area contributed by atoms with Crippen molar-refractivity contribution in [3.05, 3.63) is 59.9 Å². The van der Waals surface area contributed by atoms with Crippen LogP contribution in [0.2, 0.25) is 0 Å². The highest BCUT2D eigenvalue weighted by atomic mass is 19.1. The van der Waals surface area contributed by atoms with E-state index in [1.54, 1.807) is 18.2 Å². The maximum Gasteiger partial charge on any atom is 0.263 e. The number of carbonyl (C=O) groups excluding carboxylic acids is 2. The van der Waals surface area contributed by atoms with Gasteiger partial charge in [0.2, 0.25) is 5.91 Å². The van der Waals surface area contributed by atoms with Crippen LogP contribution in [-0.2, 0) is 9.59 Å². The number of nitrogens with two attached hydrogens (primary N) is 2. The van der Waals surface area contributed by atoms with Crippen molar-refractivity contribution in [2.75, 3.05) is 17.6 Å². The molecule has 34 heavy (non-hydrogen) atoms. The van der Waals surface area contributed by atoms with Gasteiger partial charge < -0.3 is 22.1 Å². The Balaban J connectivity index is 1.60. The van der Waals surface area contributed by atoms with Crippen LogP contribution in [0.4, 0.5) is 21.5 Å². The minimum absolute atomic E-state index is 0.00464. The summed E-state index contributed by atoms with van der Waals surface area (Å²) in [5.74, 6) is -1.04. The molecule has 6 N–H and O–H groups in total. The Morgan fingerprint density at radius 2 is 2.00 bits per heavy atom. The maximum atomic E-state index is 13.2. The third-order valence-corrected chi connectivity index (χ3v) is 5.93. The lowest BCUT2D eigenvalue weighted by molar-refractivity contribution is -0.120. The number of benzene rings is 2. The van der Waals surface area contributed by atoms with Gasteiger partial charge in [0.1, 0.15) is 17.6 Å². The quantitative estimate of drug-likeness (QED) is 0.508. The van der Waals surface area contributed by atoms with E-state index in [-0.39, 0.29) is 29.8 Å². The van der Waals surface area contributed by atoms with Crippen LogP contribution in [0.5, 0.6) is 0 Å². The SMILES string of the molecule is CC1CC=C(c2ccc(Nc3ccc(F)cc3)c(N)c2)N=C(C(N)=O)CC1=NC1CCNC1=O. The maximum absolute atomic E-state index is 13.2. The van der Waals surface area contributed by atoms with Gasteiger partial charge in [-0.3, -0.25) is 14.6 Å². The number of rotatable bonds is 5. The molecule has 2 heterocycles. The van der Waals surface area contributed by atoms with Gasteiger partial charge in [0.05, 0.1) is 17.1 Å². The molecule has 2 aliphatic rings. The van der Waals surface area contributed by atoms with E-state index in [2.05, 4.69) is 20.6 Å². The highest BCUT2D eigenvalue weighted by Crippen LogP contribution is 2.30. The standard InChI is InChI=1S/C25H27FN6O2/c1-14-2-8-19(31-23(24(28)33)13-22(14)32-21-10-11-29-25(21)34)15-3-9-20(18(27)12-15)30-17-6-4-16(26)5-7-17/h3-9,12,14,21,30H,2,10-11,13,27H2,1H3,(H2,28,33)(H,29,34). The van der Waals surface area contributed by atoms with Gasteiger partial charge in [-0.2, -0.15) is 0 Å². The minimum atomic E-state index is -0.633. The van der Waals surface area contributed by atoms with Gasteiger partial charge in [0, 0.05) is 29.9 Å². The summed E-state index contributed by atoms with van der Waals surface area (Å²) < 4.78 is 13.2. The Hall–Kier alpha value is -4.01. The molecule has 2 aromatic rings. The fourth-order valence-electron chi connectivity index (χ4n) is 3.93. The number of carbonyl (C=O) groups is 2. The molecule has 1 fully saturated rings. The van der Waals surface area contributed by atoms with E-state index in [4.69, 9.17) is 11.5 Å². The third-order valence-electron chi connectivity index (χ3n) is 5.93. The summed E-state index contributed by atoms with van der Waals surface area (Å²) in [4.78, 5) is 33.3. The number of hydrogen-bond acceptors (Lipinski definition) is 6. The number of nitrogens with zero attached hydrogens (tertiary/aromatic N) is 2. The lowest BCUT2D eigenvalue weighted by atomic mass is 9.93. The van der Waals surface area contributed by atoms with Crippen LogP contribution < -0.4 is 22.1 Å². The molecule has 9 heteroatoms. The molecule has 2 aliphatic heterocycles. The minimum Gasteiger partial charge on any atom is -0.397 e. The molecule has 0 aromatic heterocycles. The molecule has 2 atom stereocenters. The van der Waals surface area contributed by atoms with Crippen molar-refractivity contribution in [3.63, 3.8) is 0 Å². The number of nitrogen functional groups attached to an aromatic ring is 1. The predicted molar refractivity (Wildman–Crippen MR) is 132 cm³/mol. The first-order valence-electron chi connectivity index (χ1n) is 11.1. The first-order valence-corrected chi connectivity index (χ1v) is 11.1. The molecule has 4 rings (SSSR count). The molecule has 0 radical (unpaired) electrons. The molecular formula is C25H27FN6O2. The number of allylic oxidation sites excluding steroid dienone is 1. The van der Waals surface area contributed by atoms with Gasteiger partial charge in [-0.1, -0.05) is 19.1 Å². The molecule has 1 saturated heterocycles. The lowest BCUT2D eigenvalue weighted by Gasteiger charge is -2.19. The number of nitrogens with one attached hydrogen (secondary N) is 2. The first-order chi connectivity index (χ1) is 16.3.